The van der Waals surface area contributed by atoms with Crippen LogP contribution in [0.4, 0.5) is 0 Å². The largest absolute Gasteiger partial charge is 0.497 e. The Morgan fingerprint density at radius 1 is 0.529 bits per heavy atom. The molecule has 43 heteroatoms. The molecular weight excluding hydrogens is 1810 g/mol. The van der Waals surface area contributed by atoms with Crippen molar-refractivity contribution in [1.29, 1.82) is 0 Å². The molecule has 19 N–H and O–H groups in total. The molecule has 15 atom stereocenters. The fourth-order valence-electron chi connectivity index (χ4n) is 17.5. The van der Waals surface area contributed by atoms with Crippen molar-refractivity contribution in [1.82, 2.24) is 77.0 Å². The molecule has 0 radical (unpaired) electrons. The van der Waals surface area contributed by atoms with Crippen LogP contribution in [0, 0.1) is 5.92 Å². The number of aromatic amines is 2. The Morgan fingerprint density at radius 2 is 1.10 bits per heavy atom. The monoisotopic (exact) mass is 1940 g/mol. The zero-order valence-electron chi connectivity index (χ0n) is 78.7. The number of rotatable bonds is 30. The number of methoxy groups -OCH3 is 1. The van der Waals surface area contributed by atoms with Crippen LogP contribution in [-0.4, -0.2) is 312 Å². The topological polar surface area (TPSA) is 629 Å². The van der Waals surface area contributed by atoms with Gasteiger partial charge in [0.25, 0.3) is 0 Å². The maximum Gasteiger partial charge on any atom is 0.304 e. The predicted molar refractivity (Wildman–Crippen MR) is 507 cm³/mol. The van der Waals surface area contributed by atoms with Gasteiger partial charge in [-0.25, -0.2) is 0 Å². The van der Waals surface area contributed by atoms with E-state index >= 15 is 38.4 Å². The maximum atomic E-state index is 15.8. The van der Waals surface area contributed by atoms with Crippen LogP contribution in [0.3, 0.4) is 0 Å². The standard InChI is InChI=1S/C95H129N19O23S/c1-8-10-24-73-88(129)103-65(31-34-82(121)122)86(127)109-72(77(116)32-33-79(97)118)51-138-52-81(120)102-69(39-54-27-29-60(137-7)30-28-54)91(132)110(4)53(3)84(125)107-71(46-80(98)119)94(135)113-38-18-26-74(113)89(130)106-68(40-55-35-37-99-47-55)87(128)104-66(23-16-17-36-96)93(134)114-50-59(115)45-76(114)90(131)105-67(41-57-48-100-63-21-14-12-19-61(57)63)78(117)43-56(44-83(123)124)85(126)108-70(42-58-49-101-64-22-15-13-20-62(58)64)92(133)112(6)75(25-11-9-2)95(136)111(73)5/h12-15,19-22,27-30,37,47-49,53,56,59,65-76,100-101,115H,8-11,16-18,23-26,31-36,38-46,50-52,96H2,1-7H3,(H2,97,118)(H2,98,119)(H,102,120)(H,103,129)(H,104,128)(H,105,131)(H,106,130)(H,107,125)(H,108,126)(H,109,127)(H,121,122)(H,123,124)/t53-,56-,59+,65-,66-,67-,68-,69-,70-,71-,72-,73-,74-,75-,76-/m0/s1. The highest BCUT2D eigenvalue weighted by Crippen LogP contribution is 2.30. The van der Waals surface area contributed by atoms with Gasteiger partial charge in [0.2, 0.25) is 88.6 Å². The summed E-state index contributed by atoms with van der Waals surface area (Å²) >= 11 is 0.759. The van der Waals surface area contributed by atoms with Crippen LogP contribution in [0.25, 0.3) is 21.8 Å². The van der Waals surface area contributed by atoms with E-state index in [1.54, 1.807) is 98.3 Å². The summed E-state index contributed by atoms with van der Waals surface area (Å²) in [5.74, 6) is -21.4. The lowest BCUT2D eigenvalue weighted by atomic mass is 9.91. The Hall–Kier alpha value is -13.5. The number of H-pyrrole nitrogens is 2. The van der Waals surface area contributed by atoms with Gasteiger partial charge in [0.1, 0.15) is 72.2 Å². The van der Waals surface area contributed by atoms with E-state index in [4.69, 9.17) is 21.9 Å². The van der Waals surface area contributed by atoms with Gasteiger partial charge in [0.05, 0.1) is 49.8 Å². The Morgan fingerprint density at radius 3 is 1.71 bits per heavy atom. The number of hydrogen-bond donors (Lipinski definition) is 16. The number of nitrogens with two attached hydrogens (primary N) is 3. The minimum atomic E-state index is -1.82. The molecule has 0 aliphatic carbocycles. The third-order valence-electron chi connectivity index (χ3n) is 25.4. The number of aliphatic hydroxyl groups excluding tert-OH is 1. The lowest BCUT2D eigenvalue weighted by Gasteiger charge is -2.36. The van der Waals surface area contributed by atoms with Crippen LogP contribution in [0.2, 0.25) is 0 Å². The van der Waals surface area contributed by atoms with Crippen LogP contribution in [0.5, 0.6) is 5.75 Å². The predicted octanol–water partition coefficient (Wildman–Crippen LogP) is 0.647. The zero-order valence-corrected chi connectivity index (χ0v) is 79.6. The first kappa shape index (κ1) is 108. The van der Waals surface area contributed by atoms with Crippen LogP contribution >= 0.6 is 11.8 Å². The van der Waals surface area contributed by atoms with Gasteiger partial charge in [-0.2, -0.15) is 0 Å². The molecule has 3 fully saturated rings. The Bertz CT molecular complexity index is 5310. The van der Waals surface area contributed by atoms with E-state index in [1.807, 2.05) is 6.92 Å². The summed E-state index contributed by atoms with van der Waals surface area (Å²) in [7, 11) is 5.24. The molecule has 0 spiro atoms. The number of amides is 15. The van der Waals surface area contributed by atoms with Crippen molar-refractivity contribution in [2.45, 2.75) is 260 Å². The summed E-state index contributed by atoms with van der Waals surface area (Å²) in [5.41, 5.74) is 20.3. The highest BCUT2D eigenvalue weighted by atomic mass is 32.2. The van der Waals surface area contributed by atoms with Gasteiger partial charge < -0.3 is 114 Å². The lowest BCUT2D eigenvalue weighted by molar-refractivity contribution is -0.150. The minimum absolute atomic E-state index is 0.0182. The number of carbonyl (C=O) groups is 19. The van der Waals surface area contributed by atoms with Gasteiger partial charge in [0, 0.05) is 144 Å². The van der Waals surface area contributed by atoms with Crippen LogP contribution in [0.1, 0.15) is 172 Å². The summed E-state index contributed by atoms with van der Waals surface area (Å²) in [6.45, 7) is 4.41. The number of hydrogen-bond acceptors (Lipinski definition) is 24. The van der Waals surface area contributed by atoms with E-state index in [-0.39, 0.29) is 96.6 Å². The number of ketones is 2. The molecule has 4 aliphatic rings. The van der Waals surface area contributed by atoms with E-state index in [1.165, 1.54) is 41.4 Å². The third-order valence-corrected chi connectivity index (χ3v) is 26.4. The van der Waals surface area contributed by atoms with Crippen molar-refractivity contribution < 1.29 is 111 Å². The molecule has 42 nitrogen and oxygen atoms in total. The van der Waals surface area contributed by atoms with Crippen molar-refractivity contribution in [3.63, 3.8) is 0 Å². The summed E-state index contributed by atoms with van der Waals surface area (Å²) in [5, 5.41) is 54.9. The number of carbonyl (C=O) groups excluding carboxylic acids is 17. The molecule has 138 heavy (non-hydrogen) atoms. The first-order valence-corrected chi connectivity index (χ1v) is 47.8. The number of fused-ring (bicyclic) bond motifs is 4. The number of aromatic nitrogens is 2. The Kier molecular flexibility index (Phi) is 40.9. The van der Waals surface area contributed by atoms with Gasteiger partial charge >= 0.3 is 11.9 Å². The van der Waals surface area contributed by atoms with Crippen molar-refractivity contribution in [3.8, 4) is 5.75 Å². The number of likely N-dealkylation sites (N-methyl/N-ethyl adjacent to an activating group) is 3. The SMILES string of the molecule is CCCC[C@H]1C(=O)N(C)[C@@H](CCCC)C(=O)N[C@@H](CCC(=O)O)C(=O)N[C@H](C(=O)CCC(N)=O)CSCC(=O)N[C@@H](Cc2ccc(OC)cc2)C(=O)N(C)[C@@H](C)C(=O)N[C@@H](CC(N)=O)C(=O)N2CCC[C@H]2C(=O)N[C@@H](CC2=CN=CC2)C(=O)N[C@@H](CCCCN)C(=O)N2C[C@H](O)C[C@H]2C(=O)N[C@@H](Cc2c[nH]c3ccccc23)C(=O)C[C@@H](CC(=O)O)C(=O)N[C@@H](Cc2c[nH]c3ccccc23)C(=O)N1C. The number of aliphatic imine (C=N–C) groups is 1. The van der Waals surface area contributed by atoms with Crippen LogP contribution < -0.4 is 64.5 Å². The Labute approximate surface area is 802 Å². The number of unbranched alkanes of at least 4 members (excludes halogenated alkanes) is 3. The zero-order chi connectivity index (χ0) is 101. The second kappa shape index (κ2) is 52.2. The van der Waals surface area contributed by atoms with Crippen LogP contribution in [-0.2, 0) is 110 Å². The lowest BCUT2D eigenvalue weighted by Crippen LogP contribution is -2.60. The molecule has 2 aromatic heterocycles. The molecular formula is C95H129N19O23S. The first-order valence-electron chi connectivity index (χ1n) is 46.6. The molecule has 15 amide bonds. The normalized spacial score (nSPS) is 24.9. The van der Waals surface area contributed by atoms with Crippen LogP contribution in [0.15, 0.2) is 102 Å². The average Bonchev–Trinajstić information content (AvgIpc) is 1.62. The van der Waals surface area contributed by atoms with Crippen molar-refractivity contribution in [2.75, 3.05) is 59.4 Å². The van der Waals surface area contributed by atoms with Gasteiger partial charge in [-0.1, -0.05) is 88.1 Å². The van der Waals surface area contributed by atoms with E-state index in [2.05, 4.69) is 57.5 Å². The number of benzene rings is 3. The Balaban J connectivity index is 1.12. The fourth-order valence-corrected chi connectivity index (χ4v) is 18.4. The smallest absolute Gasteiger partial charge is 0.304 e. The number of ether oxygens (including phenoxy) is 1. The molecule has 3 aromatic carbocycles. The molecule has 4 aliphatic heterocycles. The van der Waals surface area contributed by atoms with Gasteiger partial charge in [-0.15, -0.1) is 11.8 Å². The molecule has 0 bridgehead atoms. The third kappa shape index (κ3) is 30.3. The number of Topliss-reactive ketones (excluding diaryl/α,β-unsaturated/α-hetero) is 2. The second-order valence-corrected chi connectivity index (χ2v) is 36.5. The highest BCUT2D eigenvalue weighted by Gasteiger charge is 2.47. The molecule has 9 rings (SSSR count). The number of thioether (sulfide) groups is 1. The van der Waals surface area contributed by atoms with Gasteiger partial charge in [-0.3, -0.25) is 96.1 Å². The second-order valence-electron chi connectivity index (χ2n) is 35.5. The summed E-state index contributed by atoms with van der Waals surface area (Å²) < 4.78 is 5.34. The van der Waals surface area contributed by atoms with Gasteiger partial charge in [0.15, 0.2) is 11.6 Å². The molecule has 3 saturated heterocycles. The van der Waals surface area contributed by atoms with E-state index in [0.29, 0.717) is 69.1 Å². The number of aliphatic carboxylic acids is 2. The number of nitrogens with zero attached hydrogens (tertiary/aromatic N) is 6. The van der Waals surface area contributed by atoms with Gasteiger partial charge in [-0.05, 0) is 118 Å². The van der Waals surface area contributed by atoms with Crippen molar-refractivity contribution >= 4 is 152 Å². The summed E-state index contributed by atoms with van der Waals surface area (Å²) in [4.78, 5) is 293. The number of carboxylic acid groups (broad SMARTS) is 2. The molecule has 748 valence electrons. The number of nitrogens with one attached hydrogen (secondary N) is 10. The molecule has 0 unspecified atom stereocenters. The maximum absolute atomic E-state index is 15.8. The first-order chi connectivity index (χ1) is 65.8. The quantitative estimate of drug-likeness (QED) is 0.0281. The van der Waals surface area contributed by atoms with E-state index in [0.717, 1.165) is 36.3 Å². The van der Waals surface area contributed by atoms with E-state index in [9.17, 15) is 68.1 Å². The molecule has 5 aromatic rings. The van der Waals surface area contributed by atoms with Crippen molar-refractivity contribution in [2.24, 2.45) is 28.1 Å². The summed E-state index contributed by atoms with van der Waals surface area (Å²) in [6.07, 6.45) is 0.153. The number of para-hydroxylation sites is 2. The summed E-state index contributed by atoms with van der Waals surface area (Å²) in [6, 6.07) is -0.117. The van der Waals surface area contributed by atoms with Crippen molar-refractivity contribution in [3.05, 3.63) is 114 Å². The minimum Gasteiger partial charge on any atom is -0.497 e. The average molecular weight is 1940 g/mol. The number of carboxylic acids is 2. The fraction of sp³-hybridized carbons (Fsp3) is 0.537. The van der Waals surface area contributed by atoms with E-state index < -0.39 is 272 Å². The number of primary amides is 2. The molecule has 0 saturated carbocycles. The number of aliphatic hydroxyl groups is 1. The highest BCUT2D eigenvalue weighted by molar-refractivity contribution is 8.00. The molecule has 6 heterocycles.